The van der Waals surface area contributed by atoms with E-state index in [1.54, 1.807) is 24.3 Å². The number of nitrogens with two attached hydrogens (primary N) is 2. The number of carbonyl (C=O) groups excluding carboxylic acids is 1. The van der Waals surface area contributed by atoms with Gasteiger partial charge in [0.25, 0.3) is 0 Å². The number of nitrogens with zero attached hydrogens (tertiary/aromatic N) is 2. The van der Waals surface area contributed by atoms with Crippen molar-refractivity contribution in [3.8, 4) is 5.75 Å². The van der Waals surface area contributed by atoms with Gasteiger partial charge in [-0.25, -0.2) is 4.79 Å². The summed E-state index contributed by atoms with van der Waals surface area (Å²) in [5.74, 6) is -1.21. The van der Waals surface area contributed by atoms with Crippen LogP contribution in [0.5, 0.6) is 5.75 Å². The average Bonchev–Trinajstić information content (AvgIpc) is 2.46. The van der Waals surface area contributed by atoms with Crippen LogP contribution in [0, 0.1) is 0 Å². The number of carboxylic acids is 1. The molecule has 0 aliphatic heterocycles. The molecule has 0 bridgehead atoms. The molecule has 0 aromatic heterocycles. The quantitative estimate of drug-likeness (QED) is 0.210. The van der Waals surface area contributed by atoms with Gasteiger partial charge in [0.05, 0.1) is 0 Å². The van der Waals surface area contributed by atoms with E-state index in [9.17, 15) is 14.7 Å². The Bertz CT molecular complexity index is 609. The molecule has 0 fully saturated rings. The van der Waals surface area contributed by atoms with Crippen molar-refractivity contribution in [2.45, 2.75) is 25.8 Å². The van der Waals surface area contributed by atoms with Gasteiger partial charge >= 0.3 is 11.9 Å². The van der Waals surface area contributed by atoms with Gasteiger partial charge in [-0.15, -0.1) is 0 Å². The second-order valence-corrected chi connectivity index (χ2v) is 4.71. The minimum absolute atomic E-state index is 0.0318. The Morgan fingerprint density at radius 1 is 1.35 bits per heavy atom. The number of hydrogen-bond acceptors (Lipinski definition) is 5. The number of aliphatic carboxylic acids is 1. The minimum atomic E-state index is -1.05. The third kappa shape index (κ3) is 7.07. The Balaban J connectivity index is 2.76. The number of esters is 1. The zero-order chi connectivity index (χ0) is 17.2. The molecule has 0 heterocycles. The molecule has 1 aromatic rings. The van der Waals surface area contributed by atoms with Crippen LogP contribution < -0.4 is 16.2 Å². The van der Waals surface area contributed by atoms with Gasteiger partial charge in [-0.3, -0.25) is 14.8 Å². The number of ether oxygens (including phenoxy) is 1. The van der Waals surface area contributed by atoms with Crippen molar-refractivity contribution in [3.63, 3.8) is 0 Å². The molecule has 124 valence electrons. The van der Waals surface area contributed by atoms with E-state index in [1.807, 2.05) is 0 Å². The number of rotatable bonds is 8. The van der Waals surface area contributed by atoms with E-state index in [0.717, 1.165) is 0 Å². The second kappa shape index (κ2) is 9.19. The standard InChI is InChI=1S/C15H20N4O4/c1-10(20)23-13-7-3-2-5-11(13)9-19-12(14(21)22)6-4-8-18-15(16)17/h2-3,5,7,9,12H,4,6,8H2,1H3,(H,21,22)(H4,16,17,18)/t12-/m0/s1. The highest BCUT2D eigenvalue weighted by atomic mass is 16.5. The van der Waals surface area contributed by atoms with Crippen molar-refractivity contribution in [3.05, 3.63) is 29.8 Å². The van der Waals surface area contributed by atoms with Crippen molar-refractivity contribution < 1.29 is 19.4 Å². The molecule has 0 saturated carbocycles. The topological polar surface area (TPSA) is 140 Å². The summed E-state index contributed by atoms with van der Waals surface area (Å²) in [5.41, 5.74) is 10.9. The number of guanidine groups is 1. The third-order valence-corrected chi connectivity index (χ3v) is 2.78. The van der Waals surface area contributed by atoms with Gasteiger partial charge in [0.1, 0.15) is 11.8 Å². The molecule has 0 unspecified atom stereocenters. The lowest BCUT2D eigenvalue weighted by Crippen LogP contribution is -2.23. The number of aliphatic imine (C=N–C) groups is 2. The molecular weight excluding hydrogens is 300 g/mol. The average molecular weight is 320 g/mol. The first-order valence-electron chi connectivity index (χ1n) is 6.99. The van der Waals surface area contributed by atoms with Gasteiger partial charge < -0.3 is 21.3 Å². The molecule has 0 radical (unpaired) electrons. The van der Waals surface area contributed by atoms with E-state index in [4.69, 9.17) is 16.2 Å². The van der Waals surface area contributed by atoms with Crippen molar-refractivity contribution >= 4 is 24.1 Å². The Morgan fingerprint density at radius 2 is 2.04 bits per heavy atom. The molecule has 0 aliphatic rings. The van der Waals surface area contributed by atoms with Crippen LogP contribution in [-0.4, -0.2) is 41.8 Å². The van der Waals surface area contributed by atoms with Gasteiger partial charge in [0.2, 0.25) is 0 Å². The summed E-state index contributed by atoms with van der Waals surface area (Å²) in [6.07, 6.45) is 2.16. The van der Waals surface area contributed by atoms with E-state index in [1.165, 1.54) is 13.1 Å². The lowest BCUT2D eigenvalue weighted by Gasteiger charge is -2.08. The maximum atomic E-state index is 11.2. The summed E-state index contributed by atoms with van der Waals surface area (Å²) in [6.45, 7) is 1.63. The molecule has 23 heavy (non-hydrogen) atoms. The molecule has 0 spiro atoms. The lowest BCUT2D eigenvalue weighted by molar-refractivity contribution is -0.138. The van der Waals surface area contributed by atoms with Crippen molar-refractivity contribution in [1.29, 1.82) is 0 Å². The number of hydrogen-bond donors (Lipinski definition) is 3. The van der Waals surface area contributed by atoms with E-state index in [-0.39, 0.29) is 5.96 Å². The molecule has 0 saturated heterocycles. The molecule has 5 N–H and O–H groups in total. The Labute approximate surface area is 133 Å². The van der Waals surface area contributed by atoms with Gasteiger partial charge in [-0.05, 0) is 25.0 Å². The third-order valence-electron chi connectivity index (χ3n) is 2.78. The second-order valence-electron chi connectivity index (χ2n) is 4.71. The normalized spacial score (nSPS) is 11.9. The van der Waals surface area contributed by atoms with Gasteiger partial charge in [0.15, 0.2) is 5.96 Å². The molecule has 0 amide bonds. The Hall–Kier alpha value is -2.90. The van der Waals surface area contributed by atoms with Crippen LogP contribution in [0.3, 0.4) is 0 Å². The van der Waals surface area contributed by atoms with Crippen LogP contribution in [0.25, 0.3) is 0 Å². The number of benzene rings is 1. The summed E-state index contributed by atoms with van der Waals surface area (Å²) >= 11 is 0. The molecular formula is C15H20N4O4. The van der Waals surface area contributed by atoms with Crippen molar-refractivity contribution in [2.24, 2.45) is 21.5 Å². The summed E-state index contributed by atoms with van der Waals surface area (Å²) in [6, 6.07) is 5.81. The first kappa shape index (κ1) is 18.1. The lowest BCUT2D eigenvalue weighted by atomic mass is 10.1. The zero-order valence-corrected chi connectivity index (χ0v) is 12.8. The molecule has 1 rings (SSSR count). The van der Waals surface area contributed by atoms with Crippen LogP contribution >= 0.6 is 0 Å². The predicted octanol–water partition coefficient (Wildman–Crippen LogP) is 0.538. The largest absolute Gasteiger partial charge is 0.480 e. The smallest absolute Gasteiger partial charge is 0.328 e. The molecule has 8 heteroatoms. The fourth-order valence-electron chi connectivity index (χ4n) is 1.76. The molecule has 0 aliphatic carbocycles. The maximum absolute atomic E-state index is 11.2. The summed E-state index contributed by atoms with van der Waals surface area (Å²) < 4.78 is 5.04. The molecule has 1 aromatic carbocycles. The SMILES string of the molecule is CC(=O)Oc1ccccc1C=N[C@@H](CCCN=C(N)N)C(=O)O. The number of carbonyl (C=O) groups is 2. The van der Waals surface area contributed by atoms with E-state index >= 15 is 0 Å². The van der Waals surface area contributed by atoms with Crippen LogP contribution in [-0.2, 0) is 9.59 Å². The van der Waals surface area contributed by atoms with Gasteiger partial charge in [-0.2, -0.15) is 0 Å². The van der Waals surface area contributed by atoms with Crippen LogP contribution in [0.4, 0.5) is 0 Å². The number of carboxylic acid groups (broad SMARTS) is 1. The first-order valence-corrected chi connectivity index (χ1v) is 6.99. The van der Waals surface area contributed by atoms with E-state index < -0.39 is 18.0 Å². The Kier molecular flexibility index (Phi) is 7.25. The van der Waals surface area contributed by atoms with Crippen LogP contribution in [0.2, 0.25) is 0 Å². The monoisotopic (exact) mass is 320 g/mol. The summed E-state index contributed by atoms with van der Waals surface area (Å²) in [7, 11) is 0. The van der Waals surface area contributed by atoms with Gasteiger partial charge in [-0.1, -0.05) is 12.1 Å². The minimum Gasteiger partial charge on any atom is -0.480 e. The van der Waals surface area contributed by atoms with Crippen molar-refractivity contribution in [2.75, 3.05) is 6.54 Å². The Morgan fingerprint density at radius 3 is 2.65 bits per heavy atom. The van der Waals surface area contributed by atoms with E-state index in [0.29, 0.717) is 30.7 Å². The van der Waals surface area contributed by atoms with E-state index in [2.05, 4.69) is 9.98 Å². The van der Waals surface area contributed by atoms with Gasteiger partial charge in [0, 0.05) is 25.2 Å². The highest BCUT2D eigenvalue weighted by Gasteiger charge is 2.15. The maximum Gasteiger partial charge on any atom is 0.328 e. The van der Waals surface area contributed by atoms with Crippen LogP contribution in [0.15, 0.2) is 34.3 Å². The van der Waals surface area contributed by atoms with Crippen LogP contribution in [0.1, 0.15) is 25.3 Å². The fraction of sp³-hybridized carbons (Fsp3) is 0.333. The number of para-hydroxylation sites is 1. The summed E-state index contributed by atoms with van der Waals surface area (Å²) in [4.78, 5) is 30.1. The summed E-state index contributed by atoms with van der Waals surface area (Å²) in [5, 5.41) is 9.19. The fourth-order valence-corrected chi connectivity index (χ4v) is 1.76. The zero-order valence-electron chi connectivity index (χ0n) is 12.8. The molecule has 1 atom stereocenters. The molecule has 8 nitrogen and oxygen atoms in total. The first-order chi connectivity index (χ1) is 10.9. The highest BCUT2D eigenvalue weighted by Crippen LogP contribution is 2.16. The predicted molar refractivity (Wildman–Crippen MR) is 86.7 cm³/mol. The highest BCUT2D eigenvalue weighted by molar-refractivity contribution is 5.87. The van der Waals surface area contributed by atoms with Crippen molar-refractivity contribution in [1.82, 2.24) is 0 Å².